The summed E-state index contributed by atoms with van der Waals surface area (Å²) < 4.78 is 10.7. The molecule has 7 heteroatoms. The van der Waals surface area contributed by atoms with Crippen LogP contribution in [0, 0.1) is 10.1 Å². The van der Waals surface area contributed by atoms with Crippen LogP contribution >= 0.6 is 0 Å². The van der Waals surface area contributed by atoms with E-state index in [1.165, 1.54) is 30.9 Å². The molecule has 2 aromatic carbocycles. The van der Waals surface area contributed by atoms with Crippen LogP contribution in [0.2, 0.25) is 0 Å². The predicted octanol–water partition coefficient (Wildman–Crippen LogP) is 3.57. The molecule has 0 aliphatic heterocycles. The third kappa shape index (κ3) is 4.69. The number of anilines is 1. The molecule has 0 saturated heterocycles. The van der Waals surface area contributed by atoms with E-state index in [0.29, 0.717) is 11.5 Å². The molecule has 1 unspecified atom stereocenters. The third-order valence-corrected chi connectivity index (χ3v) is 3.67. The monoisotopic (exact) mass is 344 g/mol. The van der Waals surface area contributed by atoms with Gasteiger partial charge in [0.25, 0.3) is 11.6 Å². The molecule has 25 heavy (non-hydrogen) atoms. The molecule has 0 aromatic heterocycles. The Bertz CT molecular complexity index is 759. The molecule has 0 saturated carbocycles. The predicted molar refractivity (Wildman–Crippen MR) is 94.2 cm³/mol. The molecular weight excluding hydrogens is 324 g/mol. The molecule has 7 nitrogen and oxygen atoms in total. The molecule has 0 aliphatic carbocycles. The summed E-state index contributed by atoms with van der Waals surface area (Å²) in [5, 5.41) is 13.5. The number of nitrogens with zero attached hydrogens (tertiary/aromatic N) is 1. The summed E-state index contributed by atoms with van der Waals surface area (Å²) in [6.07, 6.45) is 0.138. The lowest BCUT2D eigenvalue weighted by Crippen LogP contribution is -2.30. The van der Waals surface area contributed by atoms with E-state index >= 15 is 0 Å². The van der Waals surface area contributed by atoms with Crippen LogP contribution in [0.4, 0.5) is 11.4 Å². The zero-order valence-electron chi connectivity index (χ0n) is 14.3. The second kappa shape index (κ2) is 8.14. The lowest BCUT2D eigenvalue weighted by Gasteiger charge is -2.16. The molecule has 0 bridgehead atoms. The second-order valence-corrected chi connectivity index (χ2v) is 5.39. The van der Waals surface area contributed by atoms with Crippen molar-refractivity contribution >= 4 is 17.3 Å². The van der Waals surface area contributed by atoms with E-state index in [9.17, 15) is 14.9 Å². The second-order valence-electron chi connectivity index (χ2n) is 5.39. The third-order valence-electron chi connectivity index (χ3n) is 3.67. The number of carbonyl (C=O) groups excluding carboxylic acids is 1. The van der Waals surface area contributed by atoms with Gasteiger partial charge >= 0.3 is 0 Å². The summed E-state index contributed by atoms with van der Waals surface area (Å²) in [5.74, 6) is 0.475. The number of carbonyl (C=O) groups is 1. The number of methoxy groups -OCH3 is 1. The Balaban J connectivity index is 2.09. The van der Waals surface area contributed by atoms with Crippen LogP contribution in [0.25, 0.3) is 0 Å². The van der Waals surface area contributed by atoms with Crippen molar-refractivity contribution in [3.8, 4) is 11.5 Å². The highest BCUT2D eigenvalue weighted by atomic mass is 16.6. The number of non-ortho nitro benzene ring substituents is 1. The van der Waals surface area contributed by atoms with Gasteiger partial charge in [-0.1, -0.05) is 19.1 Å². The van der Waals surface area contributed by atoms with Crippen molar-refractivity contribution in [2.75, 3.05) is 12.4 Å². The average Bonchev–Trinajstić information content (AvgIpc) is 2.62. The highest BCUT2D eigenvalue weighted by Gasteiger charge is 2.19. The van der Waals surface area contributed by atoms with Gasteiger partial charge in [-0.25, -0.2) is 0 Å². The first kappa shape index (κ1) is 18.3. The van der Waals surface area contributed by atoms with Gasteiger partial charge in [0.2, 0.25) is 0 Å². The van der Waals surface area contributed by atoms with Gasteiger partial charge in [0.15, 0.2) is 6.10 Å². The molecule has 1 N–H and O–H groups in total. The van der Waals surface area contributed by atoms with E-state index in [4.69, 9.17) is 9.47 Å². The van der Waals surface area contributed by atoms with Gasteiger partial charge in [-0.3, -0.25) is 14.9 Å². The maximum absolute atomic E-state index is 12.3. The van der Waals surface area contributed by atoms with Gasteiger partial charge in [-0.05, 0) is 37.1 Å². The first-order chi connectivity index (χ1) is 11.9. The minimum atomic E-state index is -0.781. The average molecular weight is 344 g/mol. The zero-order chi connectivity index (χ0) is 18.4. The van der Waals surface area contributed by atoms with Crippen LogP contribution in [0.15, 0.2) is 42.5 Å². The number of hydrogen-bond acceptors (Lipinski definition) is 5. The number of nitrogens with one attached hydrogen (secondary N) is 1. The molecule has 0 fully saturated rings. The van der Waals surface area contributed by atoms with E-state index in [1.807, 2.05) is 12.1 Å². The topological polar surface area (TPSA) is 90.7 Å². The van der Waals surface area contributed by atoms with Crippen LogP contribution in [-0.4, -0.2) is 24.0 Å². The summed E-state index contributed by atoms with van der Waals surface area (Å²) in [5.41, 5.74) is 1.25. The molecule has 0 radical (unpaired) electrons. The fraction of sp³-hybridized carbons (Fsp3) is 0.278. The molecule has 0 aliphatic rings. The highest BCUT2D eigenvalue weighted by molar-refractivity contribution is 5.95. The van der Waals surface area contributed by atoms with Crippen molar-refractivity contribution in [2.24, 2.45) is 0 Å². The van der Waals surface area contributed by atoms with Crippen LogP contribution in [0.3, 0.4) is 0 Å². The van der Waals surface area contributed by atoms with Crippen molar-refractivity contribution in [1.29, 1.82) is 0 Å². The van der Waals surface area contributed by atoms with E-state index in [2.05, 4.69) is 12.2 Å². The highest BCUT2D eigenvalue weighted by Crippen LogP contribution is 2.29. The van der Waals surface area contributed by atoms with E-state index in [-0.39, 0.29) is 11.4 Å². The quantitative estimate of drug-likeness (QED) is 0.612. The summed E-state index contributed by atoms with van der Waals surface area (Å²) in [4.78, 5) is 22.7. The maximum Gasteiger partial charge on any atom is 0.271 e. The van der Waals surface area contributed by atoms with Crippen LogP contribution < -0.4 is 14.8 Å². The number of amides is 1. The molecule has 2 aromatic rings. The molecule has 1 amide bonds. The molecule has 0 heterocycles. The number of aryl methyl sites for hydroxylation is 1. The van der Waals surface area contributed by atoms with Crippen molar-refractivity contribution in [3.05, 3.63) is 58.1 Å². The molecule has 132 valence electrons. The first-order valence-corrected chi connectivity index (χ1v) is 7.83. The van der Waals surface area contributed by atoms with E-state index < -0.39 is 16.9 Å². The summed E-state index contributed by atoms with van der Waals surface area (Å²) in [6, 6.07) is 11.5. The molecule has 2 rings (SSSR count). The van der Waals surface area contributed by atoms with E-state index in [0.717, 1.165) is 6.42 Å². The number of ether oxygens (including phenoxy) is 2. The van der Waals surface area contributed by atoms with Crippen molar-refractivity contribution in [1.82, 2.24) is 0 Å². The van der Waals surface area contributed by atoms with Gasteiger partial charge in [0.05, 0.1) is 17.7 Å². The Morgan fingerprint density at radius 3 is 2.48 bits per heavy atom. The fourth-order valence-electron chi connectivity index (χ4n) is 2.20. The van der Waals surface area contributed by atoms with Crippen LogP contribution in [-0.2, 0) is 11.2 Å². The Morgan fingerprint density at radius 2 is 1.92 bits per heavy atom. The standard InChI is InChI=1S/C18H20N2O5/c1-4-13-5-8-15(9-6-13)25-12(2)18(21)19-16-11-14(20(22)23)7-10-17(16)24-3/h5-12H,4H2,1-3H3,(H,19,21). The van der Waals surface area contributed by atoms with Crippen LogP contribution in [0.1, 0.15) is 19.4 Å². The number of nitro groups is 1. The molecule has 0 spiro atoms. The Labute approximate surface area is 145 Å². The van der Waals surface area contributed by atoms with Crippen molar-refractivity contribution in [2.45, 2.75) is 26.4 Å². The van der Waals surface area contributed by atoms with E-state index in [1.54, 1.807) is 19.1 Å². The normalized spacial score (nSPS) is 11.5. The number of rotatable bonds is 7. The number of hydrogen-bond donors (Lipinski definition) is 1. The Kier molecular flexibility index (Phi) is 5.94. The van der Waals surface area contributed by atoms with Gasteiger partial charge in [-0.15, -0.1) is 0 Å². The minimum Gasteiger partial charge on any atom is -0.495 e. The SMILES string of the molecule is CCc1ccc(OC(C)C(=O)Nc2cc([N+](=O)[O-])ccc2OC)cc1. The largest absolute Gasteiger partial charge is 0.495 e. The lowest BCUT2D eigenvalue weighted by molar-refractivity contribution is -0.384. The minimum absolute atomic E-state index is 0.139. The van der Waals surface area contributed by atoms with Gasteiger partial charge < -0.3 is 14.8 Å². The summed E-state index contributed by atoms with van der Waals surface area (Å²) in [7, 11) is 1.42. The van der Waals surface area contributed by atoms with Crippen molar-refractivity contribution in [3.63, 3.8) is 0 Å². The smallest absolute Gasteiger partial charge is 0.271 e. The van der Waals surface area contributed by atoms with Gasteiger partial charge in [0, 0.05) is 12.1 Å². The Hall–Kier alpha value is -3.09. The number of benzene rings is 2. The lowest BCUT2D eigenvalue weighted by atomic mass is 10.2. The van der Waals surface area contributed by atoms with Crippen LogP contribution in [0.5, 0.6) is 11.5 Å². The van der Waals surface area contributed by atoms with Gasteiger partial charge in [-0.2, -0.15) is 0 Å². The summed E-state index contributed by atoms with van der Waals surface area (Å²) in [6.45, 7) is 3.66. The van der Waals surface area contributed by atoms with Gasteiger partial charge in [0.1, 0.15) is 11.5 Å². The first-order valence-electron chi connectivity index (χ1n) is 7.83. The molecule has 1 atom stereocenters. The number of nitro benzene ring substituents is 1. The zero-order valence-corrected chi connectivity index (χ0v) is 14.3. The molecular formula is C18H20N2O5. The maximum atomic E-state index is 12.3. The fourth-order valence-corrected chi connectivity index (χ4v) is 2.20. The Morgan fingerprint density at radius 1 is 1.24 bits per heavy atom. The summed E-state index contributed by atoms with van der Waals surface area (Å²) >= 11 is 0. The van der Waals surface area contributed by atoms with Crippen molar-refractivity contribution < 1.29 is 19.2 Å².